The molecule has 5 rings (SSSR count). The highest BCUT2D eigenvalue weighted by Crippen LogP contribution is 2.23. The van der Waals surface area contributed by atoms with Crippen molar-refractivity contribution in [3.05, 3.63) is 48.0 Å². The molecule has 4 aromatic rings. The molecule has 3 aromatic heterocycles. The number of ether oxygens (including phenoxy) is 1. The molecule has 0 saturated carbocycles. The summed E-state index contributed by atoms with van der Waals surface area (Å²) in [6, 6.07) is 10.0. The Morgan fingerprint density at radius 3 is 2.41 bits per heavy atom. The summed E-state index contributed by atoms with van der Waals surface area (Å²) in [5.41, 5.74) is 3.47. The Morgan fingerprint density at radius 2 is 1.69 bits per heavy atom. The van der Waals surface area contributed by atoms with E-state index in [1.807, 2.05) is 32.0 Å². The summed E-state index contributed by atoms with van der Waals surface area (Å²) in [5.74, 6) is 2.82. The second-order valence-electron chi connectivity index (χ2n) is 7.64. The fraction of sp³-hybridized carbons (Fsp3) is 0.364. The Hall–Kier alpha value is -3.82. The van der Waals surface area contributed by atoms with Gasteiger partial charge in [0.15, 0.2) is 5.82 Å². The summed E-state index contributed by atoms with van der Waals surface area (Å²) in [4.78, 5) is 18.3. The molecule has 10 heteroatoms. The number of hydrogen-bond donors (Lipinski definition) is 0. The van der Waals surface area contributed by atoms with Crippen molar-refractivity contribution in [3.63, 3.8) is 0 Å². The Balaban J connectivity index is 1.34. The summed E-state index contributed by atoms with van der Waals surface area (Å²) >= 11 is 0. The molecule has 0 radical (unpaired) electrons. The summed E-state index contributed by atoms with van der Waals surface area (Å²) in [6.45, 7) is 7.43. The first-order chi connectivity index (χ1) is 15.7. The minimum atomic E-state index is 0.507. The van der Waals surface area contributed by atoms with E-state index in [1.54, 1.807) is 17.8 Å². The number of hydrogen-bond acceptors (Lipinski definition) is 9. The van der Waals surface area contributed by atoms with Gasteiger partial charge in [-0.1, -0.05) is 6.92 Å². The molecular formula is C22H25N9O. The lowest BCUT2D eigenvalue weighted by molar-refractivity contribution is 0.415. The van der Waals surface area contributed by atoms with Crippen LogP contribution in [0.5, 0.6) is 5.75 Å². The second-order valence-corrected chi connectivity index (χ2v) is 7.64. The van der Waals surface area contributed by atoms with Gasteiger partial charge in [-0.15, -0.1) is 15.3 Å². The normalized spacial score (nSPS) is 14.2. The number of piperazine rings is 1. The number of benzene rings is 1. The topological polar surface area (TPSA) is 97.5 Å². The van der Waals surface area contributed by atoms with Crippen molar-refractivity contribution in [2.24, 2.45) is 0 Å². The van der Waals surface area contributed by atoms with E-state index >= 15 is 0 Å². The molecule has 0 atom stereocenters. The number of aromatic nitrogens is 7. The zero-order valence-electron chi connectivity index (χ0n) is 18.4. The van der Waals surface area contributed by atoms with Crippen LogP contribution >= 0.6 is 0 Å². The van der Waals surface area contributed by atoms with Crippen LogP contribution in [0.4, 0.5) is 11.6 Å². The molecule has 1 aromatic carbocycles. The molecule has 0 spiro atoms. The monoisotopic (exact) mass is 431 g/mol. The van der Waals surface area contributed by atoms with Crippen LogP contribution in [0.25, 0.3) is 17.2 Å². The predicted octanol–water partition coefficient (Wildman–Crippen LogP) is 2.18. The van der Waals surface area contributed by atoms with Gasteiger partial charge in [0, 0.05) is 44.5 Å². The summed E-state index contributed by atoms with van der Waals surface area (Å²) in [7, 11) is 1.68. The van der Waals surface area contributed by atoms with Crippen LogP contribution in [0, 0.1) is 6.92 Å². The molecule has 4 heterocycles. The number of aryl methyl sites for hydroxylation is 2. The standard InChI is InChI=1S/C22H25N9O/c1-4-19-25-22-27-26-20(15(2)31(22)28-19)18-9-10-23-21(24-18)30-13-11-29(12-14-30)16-5-7-17(32-3)8-6-16/h5-10H,4,11-14H2,1-3H3. The lowest BCUT2D eigenvalue weighted by atomic mass is 10.2. The van der Waals surface area contributed by atoms with E-state index in [4.69, 9.17) is 9.72 Å². The van der Waals surface area contributed by atoms with Crippen LogP contribution in [0.2, 0.25) is 0 Å². The molecule has 0 bridgehead atoms. The zero-order valence-corrected chi connectivity index (χ0v) is 18.4. The first-order valence-electron chi connectivity index (χ1n) is 10.7. The highest BCUT2D eigenvalue weighted by atomic mass is 16.5. The smallest absolute Gasteiger partial charge is 0.272 e. The molecular weight excluding hydrogens is 406 g/mol. The maximum atomic E-state index is 5.26. The first kappa shape index (κ1) is 20.1. The van der Waals surface area contributed by atoms with Crippen molar-refractivity contribution >= 4 is 17.4 Å². The highest BCUT2D eigenvalue weighted by Gasteiger charge is 2.21. The second kappa shape index (κ2) is 8.37. The third kappa shape index (κ3) is 3.68. The van der Waals surface area contributed by atoms with Crippen LogP contribution in [0.15, 0.2) is 36.5 Å². The largest absolute Gasteiger partial charge is 0.497 e. The molecule has 0 aliphatic carbocycles. The van der Waals surface area contributed by atoms with Crippen LogP contribution in [0.3, 0.4) is 0 Å². The minimum absolute atomic E-state index is 0.507. The molecule has 0 unspecified atom stereocenters. The van der Waals surface area contributed by atoms with Crippen molar-refractivity contribution in [3.8, 4) is 17.1 Å². The van der Waals surface area contributed by atoms with Gasteiger partial charge in [0.25, 0.3) is 5.78 Å². The molecule has 0 amide bonds. The van der Waals surface area contributed by atoms with Gasteiger partial charge >= 0.3 is 0 Å². The molecule has 1 aliphatic rings. The predicted molar refractivity (Wildman–Crippen MR) is 121 cm³/mol. The minimum Gasteiger partial charge on any atom is -0.497 e. The van der Waals surface area contributed by atoms with Crippen LogP contribution in [-0.2, 0) is 6.42 Å². The Labute approximate surface area is 185 Å². The Kier molecular flexibility index (Phi) is 5.26. The summed E-state index contributed by atoms with van der Waals surface area (Å²) < 4.78 is 6.99. The number of fused-ring (bicyclic) bond motifs is 1. The van der Waals surface area contributed by atoms with E-state index in [9.17, 15) is 0 Å². The average Bonchev–Trinajstić information content (AvgIpc) is 3.29. The third-order valence-electron chi connectivity index (χ3n) is 5.74. The first-order valence-corrected chi connectivity index (χ1v) is 10.7. The zero-order chi connectivity index (χ0) is 22.1. The van der Waals surface area contributed by atoms with Gasteiger partial charge in [0.1, 0.15) is 11.4 Å². The Morgan fingerprint density at radius 1 is 0.938 bits per heavy atom. The molecule has 164 valence electrons. The van der Waals surface area contributed by atoms with Gasteiger partial charge in [-0.3, -0.25) is 0 Å². The number of anilines is 2. The van der Waals surface area contributed by atoms with E-state index in [1.165, 1.54) is 5.69 Å². The van der Waals surface area contributed by atoms with Gasteiger partial charge in [0.05, 0.1) is 18.5 Å². The van der Waals surface area contributed by atoms with Crippen LogP contribution < -0.4 is 14.5 Å². The van der Waals surface area contributed by atoms with Crippen molar-refractivity contribution in [2.45, 2.75) is 20.3 Å². The van der Waals surface area contributed by atoms with Crippen molar-refractivity contribution in [1.82, 2.24) is 34.8 Å². The van der Waals surface area contributed by atoms with E-state index in [-0.39, 0.29) is 0 Å². The SMILES string of the molecule is CCc1nc2nnc(-c3ccnc(N4CCN(c5ccc(OC)cc5)CC4)n3)c(C)n2n1. The van der Waals surface area contributed by atoms with E-state index < -0.39 is 0 Å². The van der Waals surface area contributed by atoms with Gasteiger partial charge in [-0.05, 0) is 37.3 Å². The van der Waals surface area contributed by atoms with Crippen LogP contribution in [-0.4, -0.2) is 68.1 Å². The lowest BCUT2D eigenvalue weighted by Crippen LogP contribution is -2.47. The fourth-order valence-corrected chi connectivity index (χ4v) is 3.88. The lowest BCUT2D eigenvalue weighted by Gasteiger charge is -2.36. The van der Waals surface area contributed by atoms with Gasteiger partial charge < -0.3 is 14.5 Å². The molecule has 10 nitrogen and oxygen atoms in total. The van der Waals surface area contributed by atoms with Gasteiger partial charge in [0.2, 0.25) is 5.95 Å². The average molecular weight is 432 g/mol. The van der Waals surface area contributed by atoms with Crippen molar-refractivity contribution in [1.29, 1.82) is 0 Å². The molecule has 1 saturated heterocycles. The number of rotatable bonds is 5. The van der Waals surface area contributed by atoms with E-state index in [2.05, 4.69) is 47.2 Å². The molecule has 1 aliphatic heterocycles. The van der Waals surface area contributed by atoms with Crippen LogP contribution in [0.1, 0.15) is 18.4 Å². The number of nitrogens with zero attached hydrogens (tertiary/aromatic N) is 9. The quantitative estimate of drug-likeness (QED) is 0.471. The summed E-state index contributed by atoms with van der Waals surface area (Å²) in [5, 5.41) is 13.1. The number of methoxy groups -OCH3 is 1. The van der Waals surface area contributed by atoms with E-state index in [0.29, 0.717) is 17.4 Å². The molecule has 32 heavy (non-hydrogen) atoms. The molecule has 1 fully saturated rings. The summed E-state index contributed by atoms with van der Waals surface area (Å²) in [6.07, 6.45) is 2.52. The van der Waals surface area contributed by atoms with E-state index in [0.717, 1.165) is 55.6 Å². The highest BCUT2D eigenvalue weighted by molar-refractivity contribution is 5.59. The Bertz CT molecular complexity index is 1230. The third-order valence-corrected chi connectivity index (χ3v) is 5.74. The van der Waals surface area contributed by atoms with Crippen molar-refractivity contribution < 1.29 is 4.74 Å². The van der Waals surface area contributed by atoms with Crippen molar-refractivity contribution in [2.75, 3.05) is 43.1 Å². The maximum Gasteiger partial charge on any atom is 0.272 e. The molecule has 0 N–H and O–H groups in total. The fourth-order valence-electron chi connectivity index (χ4n) is 3.88. The maximum absolute atomic E-state index is 5.26. The van der Waals surface area contributed by atoms with Gasteiger partial charge in [-0.2, -0.15) is 9.50 Å². The van der Waals surface area contributed by atoms with Gasteiger partial charge in [-0.25, -0.2) is 9.97 Å².